The minimum Gasteiger partial charge on any atom is -0.496 e. The standard InChI is InChI=1S/C15H22N2O3.C9H11N5/c1-19-14-6-4-5-12-7-9-17(11-13(12)14)15(18)20-10-3-2-8-16;1-2-6-13(5-1)8-3-4-10-9-11-7-12-14(8)9/h4-6H,2-3,7-11,16H2,1H3;3-4,7H,1-2,5-6H2. The van der Waals surface area contributed by atoms with Gasteiger partial charge in [0.25, 0.3) is 5.78 Å². The summed E-state index contributed by atoms with van der Waals surface area (Å²) in [5, 5.41) is 4.16. The summed E-state index contributed by atoms with van der Waals surface area (Å²) < 4.78 is 12.4. The topological polar surface area (TPSA) is 111 Å². The van der Waals surface area contributed by atoms with Gasteiger partial charge in [0, 0.05) is 31.4 Å². The summed E-state index contributed by atoms with van der Waals surface area (Å²) in [4.78, 5) is 24.3. The first-order valence-corrected chi connectivity index (χ1v) is 11.9. The van der Waals surface area contributed by atoms with E-state index in [1.54, 1.807) is 29.0 Å². The number of aromatic nitrogens is 4. The average Bonchev–Trinajstić information content (AvgIpc) is 3.58. The van der Waals surface area contributed by atoms with Crippen LogP contribution in [0.25, 0.3) is 5.78 Å². The molecular weight excluding hydrogens is 434 g/mol. The highest BCUT2D eigenvalue weighted by Crippen LogP contribution is 2.28. The van der Waals surface area contributed by atoms with Gasteiger partial charge in [-0.3, -0.25) is 0 Å². The summed E-state index contributed by atoms with van der Waals surface area (Å²) in [6.07, 6.45) is 8.14. The molecule has 3 aromatic rings. The van der Waals surface area contributed by atoms with E-state index in [9.17, 15) is 4.79 Å². The van der Waals surface area contributed by atoms with Crippen LogP contribution >= 0.6 is 0 Å². The first-order chi connectivity index (χ1) is 16.7. The number of anilines is 1. The lowest BCUT2D eigenvalue weighted by molar-refractivity contribution is 0.0960. The van der Waals surface area contributed by atoms with Gasteiger partial charge in [0.1, 0.15) is 17.9 Å². The Morgan fingerprint density at radius 3 is 2.76 bits per heavy atom. The van der Waals surface area contributed by atoms with Gasteiger partial charge >= 0.3 is 6.09 Å². The van der Waals surface area contributed by atoms with Crippen LogP contribution in [0.1, 0.15) is 36.8 Å². The zero-order chi connectivity index (χ0) is 23.8. The molecule has 10 heteroatoms. The molecule has 2 aliphatic heterocycles. The van der Waals surface area contributed by atoms with E-state index in [1.807, 2.05) is 18.2 Å². The van der Waals surface area contributed by atoms with Crippen LogP contribution in [0.3, 0.4) is 0 Å². The summed E-state index contributed by atoms with van der Waals surface area (Å²) >= 11 is 0. The fourth-order valence-electron chi connectivity index (χ4n) is 4.31. The number of unbranched alkanes of at least 4 members (excludes halogenated alkanes) is 1. The molecule has 34 heavy (non-hydrogen) atoms. The molecule has 0 spiro atoms. The van der Waals surface area contributed by atoms with E-state index in [-0.39, 0.29) is 6.09 Å². The molecule has 5 rings (SSSR count). The summed E-state index contributed by atoms with van der Waals surface area (Å²) in [5.74, 6) is 2.61. The van der Waals surface area contributed by atoms with Gasteiger partial charge in [-0.05, 0) is 56.3 Å². The highest BCUT2D eigenvalue weighted by atomic mass is 16.6. The Labute approximate surface area is 199 Å². The van der Waals surface area contributed by atoms with Gasteiger partial charge in [0.2, 0.25) is 0 Å². The summed E-state index contributed by atoms with van der Waals surface area (Å²) in [6, 6.07) is 7.99. The van der Waals surface area contributed by atoms with Gasteiger partial charge in [0.15, 0.2) is 0 Å². The van der Waals surface area contributed by atoms with Crippen molar-refractivity contribution in [3.63, 3.8) is 0 Å². The Bertz CT molecular complexity index is 1070. The molecule has 0 saturated carbocycles. The second kappa shape index (κ2) is 11.6. The first-order valence-electron chi connectivity index (χ1n) is 11.9. The van der Waals surface area contributed by atoms with E-state index >= 15 is 0 Å². The van der Waals surface area contributed by atoms with Crippen LogP contribution in [-0.4, -0.2) is 70.5 Å². The van der Waals surface area contributed by atoms with Gasteiger partial charge in [-0.15, -0.1) is 0 Å². The maximum Gasteiger partial charge on any atom is 0.410 e. The number of methoxy groups -OCH3 is 1. The molecule has 10 nitrogen and oxygen atoms in total. The fraction of sp³-hybridized carbons (Fsp3) is 0.500. The Kier molecular flexibility index (Phi) is 8.13. The number of ether oxygens (including phenoxy) is 2. The van der Waals surface area contributed by atoms with Gasteiger partial charge in [-0.25, -0.2) is 9.78 Å². The third kappa shape index (κ3) is 5.56. The molecule has 0 radical (unpaired) electrons. The number of benzene rings is 1. The number of nitrogens with zero attached hydrogens (tertiary/aromatic N) is 6. The van der Waals surface area contributed by atoms with Crippen LogP contribution in [-0.2, 0) is 17.7 Å². The number of amides is 1. The number of rotatable bonds is 6. The third-order valence-electron chi connectivity index (χ3n) is 6.12. The van der Waals surface area contributed by atoms with Crippen molar-refractivity contribution < 1.29 is 14.3 Å². The average molecular weight is 468 g/mol. The Balaban J connectivity index is 0.000000170. The van der Waals surface area contributed by atoms with Crippen LogP contribution in [0.2, 0.25) is 0 Å². The highest BCUT2D eigenvalue weighted by molar-refractivity contribution is 5.68. The second-order valence-electron chi connectivity index (χ2n) is 8.35. The molecule has 2 aromatic heterocycles. The molecule has 2 N–H and O–H groups in total. The maximum absolute atomic E-state index is 12.0. The lowest BCUT2D eigenvalue weighted by atomic mass is 9.99. The molecule has 0 unspecified atom stereocenters. The number of carbonyl (C=O) groups excluding carboxylic acids is 1. The van der Waals surface area contributed by atoms with Crippen molar-refractivity contribution in [1.29, 1.82) is 0 Å². The van der Waals surface area contributed by atoms with Crippen molar-refractivity contribution in [2.24, 2.45) is 5.73 Å². The monoisotopic (exact) mass is 467 g/mol. The SMILES string of the molecule is COc1cccc2c1CN(C(=O)OCCCCN)CC2.c1cc(N2CCCC2)n2ncnc2n1. The number of carbonyl (C=O) groups is 1. The first kappa shape index (κ1) is 23.7. The maximum atomic E-state index is 12.0. The van der Waals surface area contributed by atoms with Crippen LogP contribution in [0.15, 0.2) is 36.8 Å². The molecule has 1 aromatic carbocycles. The minimum atomic E-state index is -0.251. The van der Waals surface area contributed by atoms with Crippen molar-refractivity contribution in [3.05, 3.63) is 47.9 Å². The molecule has 0 bridgehead atoms. The molecule has 0 atom stereocenters. The van der Waals surface area contributed by atoms with E-state index in [1.165, 1.54) is 18.4 Å². The largest absolute Gasteiger partial charge is 0.496 e. The normalized spacial score (nSPS) is 15.0. The van der Waals surface area contributed by atoms with Crippen molar-refractivity contribution in [3.8, 4) is 5.75 Å². The van der Waals surface area contributed by atoms with Crippen molar-refractivity contribution in [2.75, 3.05) is 44.8 Å². The fourth-order valence-corrected chi connectivity index (χ4v) is 4.31. The predicted octanol–water partition coefficient (Wildman–Crippen LogP) is 2.65. The molecular formula is C24H33N7O3. The van der Waals surface area contributed by atoms with E-state index in [4.69, 9.17) is 15.2 Å². The smallest absolute Gasteiger partial charge is 0.410 e. The van der Waals surface area contributed by atoms with Crippen LogP contribution in [0, 0.1) is 0 Å². The van der Waals surface area contributed by atoms with Crippen molar-refractivity contribution >= 4 is 17.7 Å². The quantitative estimate of drug-likeness (QED) is 0.551. The predicted molar refractivity (Wildman–Crippen MR) is 129 cm³/mol. The summed E-state index contributed by atoms with van der Waals surface area (Å²) in [7, 11) is 1.65. The van der Waals surface area contributed by atoms with E-state index in [2.05, 4.69) is 26.0 Å². The van der Waals surface area contributed by atoms with Gasteiger partial charge < -0.3 is 25.0 Å². The molecule has 1 fully saturated rings. The van der Waals surface area contributed by atoms with Crippen molar-refractivity contribution in [1.82, 2.24) is 24.5 Å². The van der Waals surface area contributed by atoms with Gasteiger partial charge in [0.05, 0.1) is 20.3 Å². The van der Waals surface area contributed by atoms with Crippen molar-refractivity contribution in [2.45, 2.75) is 38.6 Å². The molecule has 182 valence electrons. The number of fused-ring (bicyclic) bond motifs is 2. The van der Waals surface area contributed by atoms with Gasteiger partial charge in [-0.1, -0.05) is 12.1 Å². The molecule has 4 heterocycles. The van der Waals surface area contributed by atoms with E-state index < -0.39 is 0 Å². The Morgan fingerprint density at radius 2 is 1.97 bits per heavy atom. The molecule has 1 amide bonds. The van der Waals surface area contributed by atoms with Crippen LogP contribution < -0.4 is 15.4 Å². The number of nitrogens with two attached hydrogens (primary N) is 1. The summed E-state index contributed by atoms with van der Waals surface area (Å²) in [6.45, 7) is 4.53. The molecule has 2 aliphatic rings. The summed E-state index contributed by atoms with van der Waals surface area (Å²) in [5.41, 5.74) is 7.74. The molecule has 1 saturated heterocycles. The Morgan fingerprint density at radius 1 is 1.12 bits per heavy atom. The zero-order valence-corrected chi connectivity index (χ0v) is 19.7. The Hall–Kier alpha value is -3.40. The van der Waals surface area contributed by atoms with E-state index in [0.29, 0.717) is 32.0 Å². The highest BCUT2D eigenvalue weighted by Gasteiger charge is 2.24. The number of hydrogen-bond donors (Lipinski definition) is 1. The van der Waals surface area contributed by atoms with Crippen LogP contribution in [0.4, 0.5) is 10.6 Å². The zero-order valence-electron chi connectivity index (χ0n) is 19.7. The van der Waals surface area contributed by atoms with E-state index in [0.717, 1.165) is 49.5 Å². The number of hydrogen-bond acceptors (Lipinski definition) is 8. The minimum absolute atomic E-state index is 0.251. The molecule has 0 aliphatic carbocycles. The third-order valence-corrected chi connectivity index (χ3v) is 6.12. The lowest BCUT2D eigenvalue weighted by Gasteiger charge is -2.29. The van der Waals surface area contributed by atoms with Crippen LogP contribution in [0.5, 0.6) is 5.75 Å². The second-order valence-corrected chi connectivity index (χ2v) is 8.35. The van der Waals surface area contributed by atoms with Gasteiger partial charge in [-0.2, -0.15) is 14.6 Å². The lowest BCUT2D eigenvalue weighted by Crippen LogP contribution is -2.36.